The van der Waals surface area contributed by atoms with E-state index >= 15 is 0 Å². The van der Waals surface area contributed by atoms with Gasteiger partial charge in [-0.15, -0.1) is 0 Å². The summed E-state index contributed by atoms with van der Waals surface area (Å²) in [5.74, 6) is -1.74. The number of ether oxygens (including phenoxy) is 2. The summed E-state index contributed by atoms with van der Waals surface area (Å²) in [5, 5.41) is 0. The van der Waals surface area contributed by atoms with E-state index in [1.807, 2.05) is 0 Å². The van der Waals surface area contributed by atoms with Gasteiger partial charge in [-0.2, -0.15) is 0 Å². The molecule has 1 heterocycles. The SMILES string of the molecule is NCc1cc(F)c(OCCN2CCOCC2)c(F)c1. The van der Waals surface area contributed by atoms with Crippen molar-refractivity contribution < 1.29 is 18.3 Å². The maximum Gasteiger partial charge on any atom is 0.190 e. The van der Waals surface area contributed by atoms with E-state index in [-0.39, 0.29) is 18.9 Å². The van der Waals surface area contributed by atoms with Crippen LogP contribution >= 0.6 is 0 Å². The van der Waals surface area contributed by atoms with Crippen LogP contribution in [0.3, 0.4) is 0 Å². The third-order valence-corrected chi connectivity index (χ3v) is 3.05. The Balaban J connectivity index is 1.88. The van der Waals surface area contributed by atoms with Gasteiger partial charge in [-0.25, -0.2) is 8.78 Å². The smallest absolute Gasteiger partial charge is 0.190 e. The van der Waals surface area contributed by atoms with E-state index in [9.17, 15) is 8.78 Å². The van der Waals surface area contributed by atoms with E-state index in [4.69, 9.17) is 15.2 Å². The first-order chi connectivity index (χ1) is 9.20. The largest absolute Gasteiger partial charge is 0.486 e. The van der Waals surface area contributed by atoms with E-state index < -0.39 is 11.6 Å². The molecule has 1 saturated heterocycles. The molecule has 0 atom stereocenters. The lowest BCUT2D eigenvalue weighted by molar-refractivity contribution is 0.0318. The molecular weight excluding hydrogens is 254 g/mol. The van der Waals surface area contributed by atoms with Crippen molar-refractivity contribution in [2.24, 2.45) is 5.73 Å². The first-order valence-electron chi connectivity index (χ1n) is 6.31. The Kier molecular flexibility index (Phi) is 5.07. The van der Waals surface area contributed by atoms with Gasteiger partial charge in [0.25, 0.3) is 0 Å². The van der Waals surface area contributed by atoms with Gasteiger partial charge in [0.05, 0.1) is 13.2 Å². The summed E-state index contributed by atoms with van der Waals surface area (Å²) >= 11 is 0. The standard InChI is InChI=1S/C13H18F2N2O2/c14-11-7-10(9-16)8-12(15)13(11)19-6-3-17-1-4-18-5-2-17/h7-8H,1-6,9,16H2. The molecule has 1 fully saturated rings. The maximum atomic E-state index is 13.6. The Morgan fingerprint density at radius 1 is 1.21 bits per heavy atom. The molecule has 106 valence electrons. The van der Waals surface area contributed by atoms with Crippen LogP contribution in [0.2, 0.25) is 0 Å². The van der Waals surface area contributed by atoms with Gasteiger partial charge in [0.15, 0.2) is 17.4 Å². The molecule has 2 rings (SSSR count). The molecule has 0 unspecified atom stereocenters. The van der Waals surface area contributed by atoms with Gasteiger partial charge in [0.2, 0.25) is 0 Å². The lowest BCUT2D eigenvalue weighted by Gasteiger charge is -2.26. The third-order valence-electron chi connectivity index (χ3n) is 3.05. The minimum absolute atomic E-state index is 0.0991. The van der Waals surface area contributed by atoms with Crippen molar-refractivity contribution in [1.82, 2.24) is 4.90 Å². The van der Waals surface area contributed by atoms with Crippen LogP contribution in [0.4, 0.5) is 8.78 Å². The fourth-order valence-corrected chi connectivity index (χ4v) is 1.97. The van der Waals surface area contributed by atoms with Crippen LogP contribution in [-0.4, -0.2) is 44.4 Å². The van der Waals surface area contributed by atoms with E-state index in [2.05, 4.69) is 4.90 Å². The van der Waals surface area contributed by atoms with Crippen molar-refractivity contribution in [3.8, 4) is 5.75 Å². The van der Waals surface area contributed by atoms with Gasteiger partial charge in [-0.05, 0) is 17.7 Å². The fraction of sp³-hybridized carbons (Fsp3) is 0.538. The van der Waals surface area contributed by atoms with Crippen molar-refractivity contribution in [3.05, 3.63) is 29.3 Å². The molecule has 0 aliphatic carbocycles. The van der Waals surface area contributed by atoms with E-state index in [1.165, 1.54) is 12.1 Å². The highest BCUT2D eigenvalue weighted by molar-refractivity contribution is 5.31. The first-order valence-corrected chi connectivity index (χ1v) is 6.31. The number of benzene rings is 1. The number of hydrogen-bond donors (Lipinski definition) is 1. The summed E-state index contributed by atoms with van der Waals surface area (Å²) in [6.45, 7) is 3.99. The molecular formula is C13H18F2N2O2. The Morgan fingerprint density at radius 2 is 1.84 bits per heavy atom. The lowest BCUT2D eigenvalue weighted by Crippen LogP contribution is -2.38. The minimum atomic E-state index is -0.706. The molecule has 0 aromatic heterocycles. The van der Waals surface area contributed by atoms with Crippen molar-refractivity contribution in [2.45, 2.75) is 6.54 Å². The van der Waals surface area contributed by atoms with E-state index in [0.29, 0.717) is 25.3 Å². The number of morpholine rings is 1. The second-order valence-corrected chi connectivity index (χ2v) is 4.40. The molecule has 19 heavy (non-hydrogen) atoms. The number of halogens is 2. The van der Waals surface area contributed by atoms with Crippen LogP contribution in [0, 0.1) is 11.6 Å². The number of nitrogens with zero attached hydrogens (tertiary/aromatic N) is 1. The van der Waals surface area contributed by atoms with Crippen LogP contribution in [-0.2, 0) is 11.3 Å². The van der Waals surface area contributed by atoms with Crippen molar-refractivity contribution in [1.29, 1.82) is 0 Å². The van der Waals surface area contributed by atoms with Crippen LogP contribution in [0.1, 0.15) is 5.56 Å². The molecule has 1 aliphatic heterocycles. The molecule has 1 aliphatic rings. The average molecular weight is 272 g/mol. The topological polar surface area (TPSA) is 47.7 Å². The van der Waals surface area contributed by atoms with Gasteiger partial charge >= 0.3 is 0 Å². The van der Waals surface area contributed by atoms with Gasteiger partial charge < -0.3 is 15.2 Å². The zero-order valence-electron chi connectivity index (χ0n) is 10.7. The van der Waals surface area contributed by atoms with Gasteiger partial charge in [0, 0.05) is 26.2 Å². The Labute approximate surface area is 111 Å². The fourth-order valence-electron chi connectivity index (χ4n) is 1.97. The molecule has 1 aromatic carbocycles. The highest BCUT2D eigenvalue weighted by Crippen LogP contribution is 2.23. The van der Waals surface area contributed by atoms with Crippen LogP contribution in [0.15, 0.2) is 12.1 Å². The summed E-state index contributed by atoms with van der Waals surface area (Å²) in [6, 6.07) is 2.40. The Bertz CT molecular complexity index is 400. The predicted molar refractivity (Wildman–Crippen MR) is 67.0 cm³/mol. The lowest BCUT2D eigenvalue weighted by atomic mass is 10.2. The van der Waals surface area contributed by atoms with Crippen molar-refractivity contribution >= 4 is 0 Å². The summed E-state index contributed by atoms with van der Waals surface area (Å²) in [5.41, 5.74) is 5.76. The molecule has 0 amide bonds. The molecule has 1 aromatic rings. The maximum absolute atomic E-state index is 13.6. The predicted octanol–water partition coefficient (Wildman–Crippen LogP) is 1.13. The van der Waals surface area contributed by atoms with Crippen LogP contribution in [0.5, 0.6) is 5.75 Å². The normalized spacial score (nSPS) is 16.6. The Hall–Kier alpha value is -1.24. The van der Waals surface area contributed by atoms with Gasteiger partial charge in [-0.3, -0.25) is 4.90 Å². The zero-order chi connectivity index (χ0) is 13.7. The average Bonchev–Trinajstić information content (AvgIpc) is 2.42. The molecule has 0 saturated carbocycles. The minimum Gasteiger partial charge on any atom is -0.486 e. The molecule has 4 nitrogen and oxygen atoms in total. The van der Waals surface area contributed by atoms with Crippen molar-refractivity contribution in [3.63, 3.8) is 0 Å². The summed E-state index contributed by atoms with van der Waals surface area (Å²) in [4.78, 5) is 2.13. The molecule has 2 N–H and O–H groups in total. The molecule has 0 radical (unpaired) electrons. The van der Waals surface area contributed by atoms with E-state index in [1.54, 1.807) is 0 Å². The second-order valence-electron chi connectivity index (χ2n) is 4.40. The van der Waals surface area contributed by atoms with Gasteiger partial charge in [-0.1, -0.05) is 0 Å². The molecule has 0 spiro atoms. The number of hydrogen-bond acceptors (Lipinski definition) is 4. The Morgan fingerprint density at radius 3 is 2.42 bits per heavy atom. The molecule has 0 bridgehead atoms. The molecule has 6 heteroatoms. The number of rotatable bonds is 5. The number of nitrogens with two attached hydrogens (primary N) is 1. The second kappa shape index (κ2) is 6.79. The highest BCUT2D eigenvalue weighted by atomic mass is 19.1. The zero-order valence-corrected chi connectivity index (χ0v) is 10.7. The van der Waals surface area contributed by atoms with Crippen molar-refractivity contribution in [2.75, 3.05) is 39.5 Å². The highest BCUT2D eigenvalue weighted by Gasteiger charge is 2.14. The van der Waals surface area contributed by atoms with Gasteiger partial charge in [0.1, 0.15) is 6.61 Å². The monoisotopic (exact) mass is 272 g/mol. The first kappa shape index (κ1) is 14.2. The third kappa shape index (κ3) is 3.86. The van der Waals surface area contributed by atoms with E-state index in [0.717, 1.165) is 13.1 Å². The quantitative estimate of drug-likeness (QED) is 0.873. The summed E-state index contributed by atoms with van der Waals surface area (Å²) in [6.07, 6.45) is 0. The summed E-state index contributed by atoms with van der Waals surface area (Å²) < 4.78 is 37.6. The van der Waals surface area contributed by atoms with Crippen LogP contribution < -0.4 is 10.5 Å². The summed E-state index contributed by atoms with van der Waals surface area (Å²) in [7, 11) is 0. The van der Waals surface area contributed by atoms with Crippen LogP contribution in [0.25, 0.3) is 0 Å².